The Hall–Kier alpha value is -1.36. The van der Waals surface area contributed by atoms with Crippen LogP contribution in [-0.4, -0.2) is 40.6 Å². The first-order valence-electron chi connectivity index (χ1n) is 5.20. The van der Waals surface area contributed by atoms with Crippen LogP contribution >= 0.6 is 0 Å². The average Bonchev–Trinajstić information content (AvgIpc) is 2.93. The summed E-state index contributed by atoms with van der Waals surface area (Å²) < 4.78 is 0. The highest BCUT2D eigenvalue weighted by Crippen LogP contribution is 2.34. The Morgan fingerprint density at radius 2 is 2.53 bits per heavy atom. The summed E-state index contributed by atoms with van der Waals surface area (Å²) in [7, 11) is 1.80. The Labute approximate surface area is 88.6 Å². The van der Waals surface area contributed by atoms with Crippen molar-refractivity contribution in [1.29, 1.82) is 0 Å². The van der Waals surface area contributed by atoms with Crippen LogP contribution in [-0.2, 0) is 0 Å². The van der Waals surface area contributed by atoms with Crippen molar-refractivity contribution in [3.63, 3.8) is 0 Å². The highest BCUT2D eigenvalue weighted by molar-refractivity contribution is 5.92. The minimum absolute atomic E-state index is 0.0325. The van der Waals surface area contributed by atoms with Gasteiger partial charge in [0.15, 0.2) is 0 Å². The highest BCUT2D eigenvalue weighted by atomic mass is 16.2. The Balaban J connectivity index is 2.05. The topological polar surface area (TPSA) is 75.0 Å². The van der Waals surface area contributed by atoms with Gasteiger partial charge in [0.1, 0.15) is 5.69 Å². The lowest BCUT2D eigenvalue weighted by Gasteiger charge is -2.26. The second-order valence-corrected chi connectivity index (χ2v) is 4.03. The van der Waals surface area contributed by atoms with Gasteiger partial charge in [-0.3, -0.25) is 9.89 Å². The van der Waals surface area contributed by atoms with Gasteiger partial charge in [-0.1, -0.05) is 0 Å². The molecule has 0 aliphatic heterocycles. The quantitative estimate of drug-likeness (QED) is 0.743. The second-order valence-electron chi connectivity index (χ2n) is 4.03. The summed E-state index contributed by atoms with van der Waals surface area (Å²) in [4.78, 5) is 13.7. The van der Waals surface area contributed by atoms with Crippen molar-refractivity contribution < 1.29 is 4.79 Å². The summed E-state index contributed by atoms with van der Waals surface area (Å²) in [5.41, 5.74) is 6.21. The number of aromatic nitrogens is 2. The van der Waals surface area contributed by atoms with Crippen LogP contribution in [0.3, 0.4) is 0 Å². The molecule has 1 unspecified atom stereocenters. The number of hydrogen-bond acceptors (Lipinski definition) is 3. The smallest absolute Gasteiger partial charge is 0.271 e. The first-order valence-corrected chi connectivity index (χ1v) is 5.20. The number of H-pyrrole nitrogens is 1. The number of nitrogens with two attached hydrogens (primary N) is 1. The number of rotatable bonds is 4. The van der Waals surface area contributed by atoms with Crippen LogP contribution in [0.15, 0.2) is 12.3 Å². The van der Waals surface area contributed by atoms with E-state index >= 15 is 0 Å². The summed E-state index contributed by atoms with van der Waals surface area (Å²) in [5.74, 6) is 0.557. The molecule has 0 radical (unpaired) electrons. The lowest BCUT2D eigenvalue weighted by Crippen LogP contribution is -2.43. The number of amides is 1. The van der Waals surface area contributed by atoms with Crippen molar-refractivity contribution in [1.82, 2.24) is 15.1 Å². The molecule has 0 spiro atoms. The van der Waals surface area contributed by atoms with Crippen LogP contribution in [0.5, 0.6) is 0 Å². The molecule has 15 heavy (non-hydrogen) atoms. The molecule has 1 atom stereocenters. The number of carbonyl (C=O) groups excluding carboxylic acids is 1. The van der Waals surface area contributed by atoms with Crippen molar-refractivity contribution in [2.45, 2.75) is 18.9 Å². The van der Waals surface area contributed by atoms with E-state index in [4.69, 9.17) is 5.73 Å². The molecule has 1 aliphatic rings. The predicted octanol–water partition coefficient (Wildman–Crippen LogP) is 0.219. The van der Waals surface area contributed by atoms with E-state index in [1.165, 1.54) is 12.8 Å². The molecule has 0 aromatic carbocycles. The Morgan fingerprint density at radius 3 is 3.00 bits per heavy atom. The van der Waals surface area contributed by atoms with Crippen molar-refractivity contribution in [3.05, 3.63) is 18.0 Å². The van der Waals surface area contributed by atoms with Crippen molar-refractivity contribution in [3.8, 4) is 0 Å². The number of nitrogens with one attached hydrogen (secondary N) is 1. The molecule has 5 nitrogen and oxygen atoms in total. The predicted molar refractivity (Wildman–Crippen MR) is 56.2 cm³/mol. The highest BCUT2D eigenvalue weighted by Gasteiger charge is 2.35. The molecule has 5 heteroatoms. The first kappa shape index (κ1) is 10.2. The lowest BCUT2D eigenvalue weighted by atomic mass is 10.1. The van der Waals surface area contributed by atoms with Crippen molar-refractivity contribution in [2.24, 2.45) is 11.7 Å². The SMILES string of the molecule is CN(C(=O)c1ccn[nH]1)C(CN)C1CC1. The van der Waals surface area contributed by atoms with Crippen molar-refractivity contribution in [2.75, 3.05) is 13.6 Å². The third-order valence-electron chi connectivity index (χ3n) is 2.96. The minimum Gasteiger partial charge on any atom is -0.336 e. The van der Waals surface area contributed by atoms with Gasteiger partial charge in [0.2, 0.25) is 0 Å². The molecule has 1 aliphatic carbocycles. The van der Waals surface area contributed by atoms with Gasteiger partial charge in [0.25, 0.3) is 5.91 Å². The van der Waals surface area contributed by atoms with Gasteiger partial charge < -0.3 is 10.6 Å². The summed E-state index contributed by atoms with van der Waals surface area (Å²) in [6, 6.07) is 1.85. The van der Waals surface area contributed by atoms with Gasteiger partial charge in [-0.25, -0.2) is 0 Å². The van der Waals surface area contributed by atoms with Gasteiger partial charge in [-0.15, -0.1) is 0 Å². The van der Waals surface area contributed by atoms with Crippen LogP contribution in [0.25, 0.3) is 0 Å². The van der Waals surface area contributed by atoms with Gasteiger partial charge in [-0.05, 0) is 24.8 Å². The normalized spacial score (nSPS) is 17.5. The number of nitrogens with zero attached hydrogens (tertiary/aromatic N) is 2. The fourth-order valence-electron chi connectivity index (χ4n) is 1.86. The van der Waals surface area contributed by atoms with Crippen LogP contribution in [0.1, 0.15) is 23.3 Å². The minimum atomic E-state index is -0.0325. The van der Waals surface area contributed by atoms with Gasteiger partial charge in [0.05, 0.1) is 0 Å². The molecule has 1 saturated carbocycles. The van der Waals surface area contributed by atoms with E-state index in [0.717, 1.165) is 0 Å². The number of aromatic amines is 1. The maximum absolute atomic E-state index is 11.9. The van der Waals surface area contributed by atoms with E-state index in [1.807, 2.05) is 0 Å². The zero-order valence-electron chi connectivity index (χ0n) is 8.81. The average molecular weight is 208 g/mol. The summed E-state index contributed by atoms with van der Waals surface area (Å²) in [5, 5.41) is 6.44. The molecule has 1 heterocycles. The van der Waals surface area contributed by atoms with Gasteiger partial charge in [0, 0.05) is 25.8 Å². The van der Waals surface area contributed by atoms with Crippen LogP contribution in [0.4, 0.5) is 0 Å². The summed E-state index contributed by atoms with van der Waals surface area (Å²) in [6.45, 7) is 0.529. The Bertz CT molecular complexity index is 331. The molecule has 1 aromatic heterocycles. The van der Waals surface area contributed by atoms with Gasteiger partial charge in [-0.2, -0.15) is 5.10 Å². The monoisotopic (exact) mass is 208 g/mol. The first-order chi connectivity index (χ1) is 7.24. The number of carbonyl (C=O) groups is 1. The molecule has 3 N–H and O–H groups in total. The van der Waals surface area contributed by atoms with E-state index in [-0.39, 0.29) is 11.9 Å². The fourth-order valence-corrected chi connectivity index (χ4v) is 1.86. The molecule has 2 rings (SSSR count). The molecule has 0 saturated heterocycles. The number of likely N-dealkylation sites (N-methyl/N-ethyl adjacent to an activating group) is 1. The Kier molecular flexibility index (Phi) is 2.73. The third kappa shape index (κ3) is 2.02. The van der Waals surface area contributed by atoms with Crippen LogP contribution < -0.4 is 5.73 Å². The largest absolute Gasteiger partial charge is 0.336 e. The summed E-state index contributed by atoms with van der Waals surface area (Å²) in [6.07, 6.45) is 3.95. The van der Waals surface area contributed by atoms with E-state index in [1.54, 1.807) is 24.2 Å². The van der Waals surface area contributed by atoms with E-state index in [0.29, 0.717) is 18.2 Å². The maximum Gasteiger partial charge on any atom is 0.271 e. The fraction of sp³-hybridized carbons (Fsp3) is 0.600. The number of hydrogen-bond donors (Lipinski definition) is 2. The standard InChI is InChI=1S/C10H16N4O/c1-14(9(6-11)7-2-3-7)10(15)8-4-5-12-13-8/h4-5,7,9H,2-3,6,11H2,1H3,(H,12,13). The Morgan fingerprint density at radius 1 is 1.80 bits per heavy atom. The van der Waals surface area contributed by atoms with E-state index in [2.05, 4.69) is 10.2 Å². The van der Waals surface area contributed by atoms with E-state index < -0.39 is 0 Å². The third-order valence-corrected chi connectivity index (χ3v) is 2.96. The molecular weight excluding hydrogens is 192 g/mol. The van der Waals surface area contributed by atoms with Crippen LogP contribution in [0, 0.1) is 5.92 Å². The second kappa shape index (κ2) is 4.02. The van der Waals surface area contributed by atoms with Crippen LogP contribution in [0.2, 0.25) is 0 Å². The maximum atomic E-state index is 11.9. The summed E-state index contributed by atoms with van der Waals surface area (Å²) >= 11 is 0. The zero-order chi connectivity index (χ0) is 10.8. The van der Waals surface area contributed by atoms with Crippen molar-refractivity contribution >= 4 is 5.91 Å². The molecule has 1 aromatic rings. The molecule has 1 amide bonds. The van der Waals surface area contributed by atoms with Gasteiger partial charge >= 0.3 is 0 Å². The molecule has 1 fully saturated rings. The van der Waals surface area contributed by atoms with E-state index in [9.17, 15) is 4.79 Å². The molecule has 82 valence electrons. The lowest BCUT2D eigenvalue weighted by molar-refractivity contribution is 0.0712. The molecule has 0 bridgehead atoms. The molecular formula is C10H16N4O. The zero-order valence-corrected chi connectivity index (χ0v) is 8.81.